The fraction of sp³-hybridized carbons (Fsp3) is 0.688. The zero-order valence-corrected chi connectivity index (χ0v) is 13.7. The lowest BCUT2D eigenvalue weighted by atomic mass is 9.93. The van der Waals surface area contributed by atoms with Crippen LogP contribution in [0.2, 0.25) is 0 Å². The van der Waals surface area contributed by atoms with Crippen molar-refractivity contribution in [3.8, 4) is 0 Å². The van der Waals surface area contributed by atoms with Gasteiger partial charge in [-0.15, -0.1) is 0 Å². The molecule has 0 aliphatic carbocycles. The maximum atomic E-state index is 5.06. The van der Waals surface area contributed by atoms with Gasteiger partial charge in [0, 0.05) is 33.0 Å². The smallest absolute Gasteiger partial charge is 0.223 e. The maximum absolute atomic E-state index is 5.06. The van der Waals surface area contributed by atoms with Gasteiger partial charge in [0.25, 0.3) is 0 Å². The first-order chi connectivity index (χ1) is 11.3. The van der Waals surface area contributed by atoms with E-state index in [-0.39, 0.29) is 0 Å². The number of nitrogens with zero attached hydrogens (tertiary/aromatic N) is 5. The van der Waals surface area contributed by atoms with Gasteiger partial charge in [-0.05, 0) is 37.9 Å². The van der Waals surface area contributed by atoms with E-state index < -0.39 is 0 Å². The molecule has 0 amide bonds. The SMILES string of the molecule is Cc1nc(CC2CCN(Cc3cc4n(n3)CCNC4)CC2)no1. The molecule has 1 fully saturated rings. The zero-order chi connectivity index (χ0) is 15.6. The van der Waals surface area contributed by atoms with Crippen LogP contribution in [0, 0.1) is 12.8 Å². The van der Waals surface area contributed by atoms with Gasteiger partial charge >= 0.3 is 0 Å². The molecule has 0 atom stereocenters. The molecule has 0 unspecified atom stereocenters. The molecule has 2 aliphatic rings. The van der Waals surface area contributed by atoms with E-state index in [1.807, 2.05) is 6.92 Å². The molecule has 124 valence electrons. The molecular weight excluding hydrogens is 292 g/mol. The molecule has 7 heteroatoms. The summed E-state index contributed by atoms with van der Waals surface area (Å²) < 4.78 is 7.21. The third-order valence-electron chi connectivity index (χ3n) is 4.85. The number of fused-ring (bicyclic) bond motifs is 1. The van der Waals surface area contributed by atoms with Crippen LogP contribution in [0.25, 0.3) is 0 Å². The molecule has 1 N–H and O–H groups in total. The van der Waals surface area contributed by atoms with Gasteiger partial charge in [-0.2, -0.15) is 10.1 Å². The number of rotatable bonds is 4. The lowest BCUT2D eigenvalue weighted by molar-refractivity contribution is 0.173. The van der Waals surface area contributed by atoms with Crippen molar-refractivity contribution in [2.45, 2.75) is 45.8 Å². The van der Waals surface area contributed by atoms with E-state index >= 15 is 0 Å². The van der Waals surface area contributed by atoms with Crippen molar-refractivity contribution in [1.29, 1.82) is 0 Å². The Morgan fingerprint density at radius 1 is 1.30 bits per heavy atom. The lowest BCUT2D eigenvalue weighted by Crippen LogP contribution is -2.34. The summed E-state index contributed by atoms with van der Waals surface area (Å²) in [5.41, 5.74) is 2.52. The van der Waals surface area contributed by atoms with Gasteiger partial charge in [0.15, 0.2) is 5.82 Å². The molecule has 0 bridgehead atoms. The average molecular weight is 316 g/mol. The summed E-state index contributed by atoms with van der Waals surface area (Å²) in [6.07, 6.45) is 3.33. The quantitative estimate of drug-likeness (QED) is 0.912. The van der Waals surface area contributed by atoms with Gasteiger partial charge in [-0.3, -0.25) is 9.58 Å². The summed E-state index contributed by atoms with van der Waals surface area (Å²) in [6, 6.07) is 2.25. The molecule has 2 aromatic heterocycles. The molecule has 23 heavy (non-hydrogen) atoms. The molecule has 4 heterocycles. The highest BCUT2D eigenvalue weighted by molar-refractivity contribution is 5.12. The highest BCUT2D eigenvalue weighted by atomic mass is 16.5. The second-order valence-electron chi connectivity index (χ2n) is 6.68. The molecule has 4 rings (SSSR count). The van der Waals surface area contributed by atoms with Gasteiger partial charge in [0.2, 0.25) is 5.89 Å². The van der Waals surface area contributed by atoms with E-state index in [1.165, 1.54) is 24.2 Å². The highest BCUT2D eigenvalue weighted by Crippen LogP contribution is 2.22. The van der Waals surface area contributed by atoms with Gasteiger partial charge in [-0.25, -0.2) is 0 Å². The van der Waals surface area contributed by atoms with Crippen LogP contribution in [0.4, 0.5) is 0 Å². The van der Waals surface area contributed by atoms with E-state index in [0.29, 0.717) is 11.8 Å². The minimum atomic E-state index is 0.663. The number of hydrogen-bond acceptors (Lipinski definition) is 6. The number of aryl methyl sites for hydroxylation is 1. The number of nitrogens with one attached hydrogen (secondary N) is 1. The van der Waals surface area contributed by atoms with Gasteiger partial charge < -0.3 is 9.84 Å². The second kappa shape index (κ2) is 6.41. The molecule has 7 nitrogen and oxygen atoms in total. The number of aromatic nitrogens is 4. The topological polar surface area (TPSA) is 72.0 Å². The monoisotopic (exact) mass is 316 g/mol. The van der Waals surface area contributed by atoms with Crippen molar-refractivity contribution in [3.63, 3.8) is 0 Å². The van der Waals surface area contributed by atoms with Gasteiger partial charge in [-0.1, -0.05) is 5.16 Å². The predicted octanol–water partition coefficient (Wildman–Crippen LogP) is 1.13. The third-order valence-corrected chi connectivity index (χ3v) is 4.85. The number of likely N-dealkylation sites (tertiary alicyclic amines) is 1. The summed E-state index contributed by atoms with van der Waals surface area (Å²) in [7, 11) is 0. The highest BCUT2D eigenvalue weighted by Gasteiger charge is 2.22. The van der Waals surface area contributed by atoms with Crippen LogP contribution in [-0.2, 0) is 26.1 Å². The Hall–Kier alpha value is -1.73. The Morgan fingerprint density at radius 3 is 2.91 bits per heavy atom. The molecule has 2 aromatic rings. The minimum absolute atomic E-state index is 0.663. The summed E-state index contributed by atoms with van der Waals surface area (Å²) in [5, 5.41) is 12.1. The molecule has 0 aromatic carbocycles. The first kappa shape index (κ1) is 14.8. The van der Waals surface area contributed by atoms with Crippen LogP contribution in [0.1, 0.15) is 35.9 Å². The first-order valence-corrected chi connectivity index (χ1v) is 8.54. The number of piperidine rings is 1. The average Bonchev–Trinajstić information content (AvgIpc) is 3.14. The van der Waals surface area contributed by atoms with Crippen molar-refractivity contribution in [2.75, 3.05) is 19.6 Å². The Balaban J connectivity index is 1.28. The molecule has 2 aliphatic heterocycles. The fourth-order valence-electron chi connectivity index (χ4n) is 3.59. The normalized spacial score (nSPS) is 19.9. The van der Waals surface area contributed by atoms with E-state index in [4.69, 9.17) is 9.62 Å². The van der Waals surface area contributed by atoms with Crippen LogP contribution in [0.5, 0.6) is 0 Å². The van der Waals surface area contributed by atoms with Crippen molar-refractivity contribution < 1.29 is 4.52 Å². The molecule has 0 spiro atoms. The minimum Gasteiger partial charge on any atom is -0.340 e. The maximum Gasteiger partial charge on any atom is 0.223 e. The van der Waals surface area contributed by atoms with E-state index in [0.717, 1.165) is 51.5 Å². The van der Waals surface area contributed by atoms with Crippen molar-refractivity contribution in [2.24, 2.45) is 5.92 Å². The van der Waals surface area contributed by atoms with Crippen LogP contribution in [-0.4, -0.2) is 44.5 Å². The summed E-state index contributed by atoms with van der Waals surface area (Å²) in [6.45, 7) is 8.02. The standard InChI is InChI=1S/C16H24N6O/c1-12-18-16(20-23-12)8-13-2-5-21(6-3-13)11-14-9-15-10-17-4-7-22(15)19-14/h9,13,17H,2-8,10-11H2,1H3. The Bertz CT molecular complexity index is 632. The lowest BCUT2D eigenvalue weighted by Gasteiger charge is -2.30. The third kappa shape index (κ3) is 3.45. The Labute approximate surface area is 136 Å². The number of hydrogen-bond donors (Lipinski definition) is 1. The summed E-state index contributed by atoms with van der Waals surface area (Å²) in [4.78, 5) is 6.83. The first-order valence-electron chi connectivity index (χ1n) is 8.54. The summed E-state index contributed by atoms with van der Waals surface area (Å²) >= 11 is 0. The zero-order valence-electron chi connectivity index (χ0n) is 13.7. The van der Waals surface area contributed by atoms with Crippen molar-refractivity contribution >= 4 is 0 Å². The van der Waals surface area contributed by atoms with Crippen LogP contribution < -0.4 is 5.32 Å². The Morgan fingerprint density at radius 2 is 2.17 bits per heavy atom. The van der Waals surface area contributed by atoms with Gasteiger partial charge in [0.05, 0.1) is 17.9 Å². The fourth-order valence-corrected chi connectivity index (χ4v) is 3.59. The van der Waals surface area contributed by atoms with Crippen molar-refractivity contribution in [1.82, 2.24) is 30.1 Å². The molecule has 0 radical (unpaired) electrons. The van der Waals surface area contributed by atoms with E-state index in [2.05, 4.69) is 31.1 Å². The van der Waals surface area contributed by atoms with Crippen LogP contribution in [0.15, 0.2) is 10.6 Å². The summed E-state index contributed by atoms with van der Waals surface area (Å²) in [5.74, 6) is 2.19. The van der Waals surface area contributed by atoms with E-state index in [1.54, 1.807) is 0 Å². The van der Waals surface area contributed by atoms with Crippen LogP contribution in [0.3, 0.4) is 0 Å². The van der Waals surface area contributed by atoms with Crippen LogP contribution >= 0.6 is 0 Å². The predicted molar refractivity (Wildman–Crippen MR) is 84.7 cm³/mol. The molecule has 1 saturated heterocycles. The second-order valence-corrected chi connectivity index (χ2v) is 6.68. The van der Waals surface area contributed by atoms with Gasteiger partial charge in [0.1, 0.15) is 0 Å². The Kier molecular flexibility index (Phi) is 4.13. The van der Waals surface area contributed by atoms with Crippen molar-refractivity contribution in [3.05, 3.63) is 29.2 Å². The largest absolute Gasteiger partial charge is 0.340 e. The molecule has 0 saturated carbocycles. The molecular formula is C16H24N6O. The van der Waals surface area contributed by atoms with E-state index in [9.17, 15) is 0 Å².